The Morgan fingerprint density at radius 2 is 2.26 bits per heavy atom. The fourth-order valence-electron chi connectivity index (χ4n) is 2.83. The molecule has 6 heteroatoms. The summed E-state index contributed by atoms with van der Waals surface area (Å²) in [5, 5.41) is 0.517. The molecule has 1 heterocycles. The molecule has 120 valence electrons. The lowest BCUT2D eigenvalue weighted by atomic mass is 9.91. The average molecular weight is 329 g/mol. The first-order chi connectivity index (χ1) is 11.0. The summed E-state index contributed by atoms with van der Waals surface area (Å²) in [6.45, 7) is 3.99. The predicted octanol–water partition coefficient (Wildman–Crippen LogP) is 2.87. The summed E-state index contributed by atoms with van der Waals surface area (Å²) in [7, 11) is 1.83. The van der Waals surface area contributed by atoms with Crippen LogP contribution in [0.25, 0.3) is 10.9 Å². The maximum Gasteiger partial charge on any atom is 0.262 e. The molecule has 0 unspecified atom stereocenters. The largest absolute Gasteiger partial charge is 0.339 e. The second-order valence-electron chi connectivity index (χ2n) is 5.90. The second kappa shape index (κ2) is 6.12. The number of hydrogen-bond acceptors (Lipinski definition) is 3. The smallest absolute Gasteiger partial charge is 0.262 e. The monoisotopic (exact) mass is 329 g/mol. The summed E-state index contributed by atoms with van der Waals surface area (Å²) >= 11 is 5.23. The molecule has 1 N–H and O–H groups in total. The Labute approximate surface area is 139 Å². The zero-order chi connectivity index (χ0) is 16.6. The van der Waals surface area contributed by atoms with Gasteiger partial charge in [-0.15, -0.1) is 6.58 Å². The maximum atomic E-state index is 12.6. The number of aromatic nitrogens is 2. The van der Waals surface area contributed by atoms with Crippen molar-refractivity contribution < 1.29 is 4.79 Å². The van der Waals surface area contributed by atoms with Crippen molar-refractivity contribution in [3.63, 3.8) is 0 Å². The summed E-state index contributed by atoms with van der Waals surface area (Å²) in [6, 6.07) is 5.43. The van der Waals surface area contributed by atoms with Crippen molar-refractivity contribution in [2.24, 2.45) is 0 Å². The van der Waals surface area contributed by atoms with Gasteiger partial charge in [-0.3, -0.25) is 14.2 Å². The fraction of sp³-hybridized carbons (Fsp3) is 0.353. The van der Waals surface area contributed by atoms with Crippen molar-refractivity contribution in [1.82, 2.24) is 14.5 Å². The topological polar surface area (TPSA) is 58.1 Å². The number of hydrogen-bond donors (Lipinski definition) is 1. The van der Waals surface area contributed by atoms with Gasteiger partial charge in [0.1, 0.15) is 0 Å². The minimum absolute atomic E-state index is 0.0220. The van der Waals surface area contributed by atoms with Gasteiger partial charge in [-0.25, -0.2) is 0 Å². The Hall–Kier alpha value is -2.21. The van der Waals surface area contributed by atoms with Crippen LogP contribution in [0.1, 0.15) is 29.6 Å². The first-order valence-electron chi connectivity index (χ1n) is 7.68. The van der Waals surface area contributed by atoms with E-state index in [-0.39, 0.29) is 11.5 Å². The summed E-state index contributed by atoms with van der Waals surface area (Å²) in [6.07, 6.45) is 4.92. The molecule has 0 spiro atoms. The third kappa shape index (κ3) is 2.74. The highest BCUT2D eigenvalue weighted by molar-refractivity contribution is 7.71. The molecule has 1 aliphatic rings. The van der Waals surface area contributed by atoms with Gasteiger partial charge in [-0.1, -0.05) is 6.08 Å². The number of fused-ring (bicyclic) bond motifs is 1. The molecule has 1 saturated carbocycles. The van der Waals surface area contributed by atoms with E-state index in [1.54, 1.807) is 29.2 Å². The minimum atomic E-state index is -0.171. The van der Waals surface area contributed by atoms with Crippen LogP contribution < -0.4 is 5.56 Å². The van der Waals surface area contributed by atoms with Gasteiger partial charge < -0.3 is 9.88 Å². The van der Waals surface area contributed by atoms with Crippen LogP contribution in [0.4, 0.5) is 0 Å². The standard InChI is InChI=1S/C17H19N3O2S/c1-3-9-20-16(22)13-8-7-11(10-14(13)18-17(20)23)15(21)19(2)12-5-4-6-12/h3,7-8,10,12H,1,4-6,9H2,2H3,(H,18,23). The van der Waals surface area contributed by atoms with E-state index in [1.807, 2.05) is 7.05 Å². The van der Waals surface area contributed by atoms with Crippen LogP contribution in [-0.2, 0) is 6.54 Å². The van der Waals surface area contributed by atoms with E-state index in [4.69, 9.17) is 12.2 Å². The summed E-state index contributed by atoms with van der Waals surface area (Å²) in [5.41, 5.74) is 0.988. The van der Waals surface area contributed by atoms with Crippen molar-refractivity contribution in [3.05, 3.63) is 51.5 Å². The number of benzene rings is 1. The van der Waals surface area contributed by atoms with Crippen LogP contribution in [0.3, 0.4) is 0 Å². The molecule has 1 aromatic carbocycles. The highest BCUT2D eigenvalue weighted by Gasteiger charge is 2.26. The quantitative estimate of drug-likeness (QED) is 0.693. The lowest BCUT2D eigenvalue weighted by Crippen LogP contribution is -2.41. The molecule has 0 saturated heterocycles. The van der Waals surface area contributed by atoms with E-state index in [0.29, 0.717) is 33.8 Å². The van der Waals surface area contributed by atoms with Crippen LogP contribution in [0.5, 0.6) is 0 Å². The zero-order valence-electron chi connectivity index (χ0n) is 13.0. The molecule has 0 aliphatic heterocycles. The number of carbonyl (C=O) groups excluding carboxylic acids is 1. The van der Waals surface area contributed by atoms with Gasteiger partial charge in [0.2, 0.25) is 0 Å². The lowest BCUT2D eigenvalue weighted by Gasteiger charge is -2.34. The molecule has 3 rings (SSSR count). The Bertz CT molecular complexity index is 893. The van der Waals surface area contributed by atoms with E-state index in [1.165, 1.54) is 11.0 Å². The number of amides is 1. The SMILES string of the molecule is C=CCn1c(=S)[nH]c2cc(C(=O)N(C)C3CCC3)ccc2c1=O. The summed E-state index contributed by atoms with van der Waals surface area (Å²) in [5.74, 6) is -0.0220. The number of nitrogens with zero attached hydrogens (tertiary/aromatic N) is 2. The van der Waals surface area contributed by atoms with Gasteiger partial charge in [0.05, 0.1) is 10.9 Å². The Balaban J connectivity index is 2.04. The predicted molar refractivity (Wildman–Crippen MR) is 93.3 cm³/mol. The highest BCUT2D eigenvalue weighted by atomic mass is 32.1. The molecule has 23 heavy (non-hydrogen) atoms. The molecule has 5 nitrogen and oxygen atoms in total. The van der Waals surface area contributed by atoms with Crippen LogP contribution >= 0.6 is 12.2 Å². The summed E-state index contributed by atoms with van der Waals surface area (Å²) < 4.78 is 1.78. The number of carbonyl (C=O) groups is 1. The van der Waals surface area contributed by atoms with E-state index in [2.05, 4.69) is 11.6 Å². The molecule has 1 amide bonds. The van der Waals surface area contributed by atoms with Crippen LogP contribution in [0.15, 0.2) is 35.6 Å². The summed E-state index contributed by atoms with van der Waals surface area (Å²) in [4.78, 5) is 29.8. The molecule has 1 aliphatic carbocycles. The molecule has 1 aromatic heterocycles. The number of nitrogens with one attached hydrogen (secondary N) is 1. The fourth-order valence-corrected chi connectivity index (χ4v) is 3.09. The van der Waals surface area contributed by atoms with E-state index in [9.17, 15) is 9.59 Å². The van der Waals surface area contributed by atoms with Crippen molar-refractivity contribution >= 4 is 29.0 Å². The Morgan fingerprint density at radius 1 is 1.52 bits per heavy atom. The van der Waals surface area contributed by atoms with Crippen LogP contribution in [0.2, 0.25) is 0 Å². The van der Waals surface area contributed by atoms with Crippen molar-refractivity contribution in [1.29, 1.82) is 0 Å². The van der Waals surface area contributed by atoms with Gasteiger partial charge in [-0.05, 0) is 49.7 Å². The maximum absolute atomic E-state index is 12.6. The van der Waals surface area contributed by atoms with E-state index in [0.717, 1.165) is 12.8 Å². The lowest BCUT2D eigenvalue weighted by molar-refractivity contribution is 0.0652. The Morgan fingerprint density at radius 3 is 2.87 bits per heavy atom. The third-order valence-corrected chi connectivity index (χ3v) is 4.81. The van der Waals surface area contributed by atoms with E-state index >= 15 is 0 Å². The molecule has 2 aromatic rings. The first kappa shape index (κ1) is 15.7. The van der Waals surface area contributed by atoms with Gasteiger partial charge in [0.25, 0.3) is 11.5 Å². The van der Waals surface area contributed by atoms with Crippen LogP contribution in [0, 0.1) is 4.77 Å². The minimum Gasteiger partial charge on any atom is -0.339 e. The normalized spacial score (nSPS) is 14.5. The molecule has 0 radical (unpaired) electrons. The van der Waals surface area contributed by atoms with Crippen molar-refractivity contribution in [3.8, 4) is 0 Å². The van der Waals surface area contributed by atoms with Crippen molar-refractivity contribution in [2.75, 3.05) is 7.05 Å². The number of H-pyrrole nitrogens is 1. The zero-order valence-corrected chi connectivity index (χ0v) is 13.9. The highest BCUT2D eigenvalue weighted by Crippen LogP contribution is 2.25. The first-order valence-corrected chi connectivity index (χ1v) is 8.08. The molecule has 1 fully saturated rings. The van der Waals surface area contributed by atoms with Gasteiger partial charge in [0, 0.05) is 25.2 Å². The van der Waals surface area contributed by atoms with Crippen LogP contribution in [-0.4, -0.2) is 33.4 Å². The molecule has 0 bridgehead atoms. The second-order valence-corrected chi connectivity index (χ2v) is 6.28. The average Bonchev–Trinajstić information content (AvgIpc) is 2.48. The Kier molecular flexibility index (Phi) is 4.17. The van der Waals surface area contributed by atoms with Gasteiger partial charge in [0.15, 0.2) is 4.77 Å². The van der Waals surface area contributed by atoms with Gasteiger partial charge >= 0.3 is 0 Å². The molecular formula is C17H19N3O2S. The molecule has 0 atom stereocenters. The van der Waals surface area contributed by atoms with Gasteiger partial charge in [-0.2, -0.15) is 0 Å². The number of rotatable bonds is 4. The third-order valence-electron chi connectivity index (χ3n) is 4.48. The number of allylic oxidation sites excluding steroid dienone is 1. The van der Waals surface area contributed by atoms with Crippen molar-refractivity contribution in [2.45, 2.75) is 31.8 Å². The number of aromatic amines is 1. The molecular weight excluding hydrogens is 310 g/mol. The van der Waals surface area contributed by atoms with E-state index < -0.39 is 0 Å².